The van der Waals surface area contributed by atoms with Crippen LogP contribution in [0.5, 0.6) is 0 Å². The van der Waals surface area contributed by atoms with E-state index in [1.54, 1.807) is 0 Å². The third kappa shape index (κ3) is 6.25. The molecule has 0 aromatic carbocycles. The van der Waals surface area contributed by atoms with Gasteiger partial charge in [-0.25, -0.2) is 0 Å². The van der Waals surface area contributed by atoms with E-state index in [1.165, 1.54) is 32.1 Å². The summed E-state index contributed by atoms with van der Waals surface area (Å²) in [5.74, 6) is 1.41. The van der Waals surface area contributed by atoms with E-state index in [4.69, 9.17) is 5.73 Å². The highest BCUT2D eigenvalue weighted by molar-refractivity contribution is 5.75. The SMILES string of the molecule is CC(C)C(CCN)CCC(=O)NCC1(C)CCCCC1. The van der Waals surface area contributed by atoms with Crippen molar-refractivity contribution in [1.82, 2.24) is 5.32 Å². The van der Waals surface area contributed by atoms with Crippen molar-refractivity contribution in [3.63, 3.8) is 0 Å². The van der Waals surface area contributed by atoms with E-state index >= 15 is 0 Å². The van der Waals surface area contributed by atoms with Gasteiger partial charge in [-0.3, -0.25) is 4.79 Å². The molecular formula is C17H34N2O. The number of nitrogens with one attached hydrogen (secondary N) is 1. The van der Waals surface area contributed by atoms with Gasteiger partial charge in [-0.1, -0.05) is 40.0 Å². The van der Waals surface area contributed by atoms with E-state index in [0.29, 0.717) is 23.7 Å². The lowest BCUT2D eigenvalue weighted by Gasteiger charge is -2.33. The van der Waals surface area contributed by atoms with E-state index in [0.717, 1.165) is 25.9 Å². The number of hydrogen-bond donors (Lipinski definition) is 2. The molecule has 1 amide bonds. The predicted octanol–water partition coefficient (Wildman–Crippen LogP) is 3.47. The first kappa shape index (κ1) is 17.5. The average molecular weight is 282 g/mol. The zero-order chi connectivity index (χ0) is 15.0. The number of amides is 1. The molecule has 1 aliphatic rings. The fourth-order valence-corrected chi connectivity index (χ4v) is 3.32. The first-order valence-corrected chi connectivity index (χ1v) is 8.43. The molecule has 0 saturated heterocycles. The lowest BCUT2D eigenvalue weighted by Crippen LogP contribution is -2.37. The van der Waals surface area contributed by atoms with Crippen LogP contribution < -0.4 is 11.1 Å². The molecule has 0 aromatic rings. The van der Waals surface area contributed by atoms with Crippen molar-refractivity contribution in [2.75, 3.05) is 13.1 Å². The molecule has 3 N–H and O–H groups in total. The van der Waals surface area contributed by atoms with Gasteiger partial charge in [0.2, 0.25) is 5.91 Å². The molecule has 1 atom stereocenters. The van der Waals surface area contributed by atoms with Crippen LogP contribution in [-0.4, -0.2) is 19.0 Å². The summed E-state index contributed by atoms with van der Waals surface area (Å²) in [6.45, 7) is 8.35. The van der Waals surface area contributed by atoms with Gasteiger partial charge in [0.15, 0.2) is 0 Å². The molecule has 1 unspecified atom stereocenters. The number of nitrogens with two attached hydrogens (primary N) is 1. The Kier molecular flexibility index (Phi) is 7.57. The quantitative estimate of drug-likeness (QED) is 0.716. The standard InChI is InChI=1S/C17H34N2O/c1-14(2)15(9-12-18)7-8-16(20)19-13-17(3)10-5-4-6-11-17/h14-15H,4-13,18H2,1-3H3,(H,19,20). The molecule has 0 aliphatic heterocycles. The first-order chi connectivity index (χ1) is 9.47. The normalized spacial score (nSPS) is 19.9. The number of hydrogen-bond acceptors (Lipinski definition) is 2. The van der Waals surface area contributed by atoms with Crippen LogP contribution in [0.3, 0.4) is 0 Å². The van der Waals surface area contributed by atoms with Crippen molar-refractivity contribution in [3.8, 4) is 0 Å². The maximum absolute atomic E-state index is 12.0. The molecule has 1 rings (SSSR count). The van der Waals surface area contributed by atoms with Crippen LogP contribution in [0.25, 0.3) is 0 Å². The van der Waals surface area contributed by atoms with Crippen molar-refractivity contribution >= 4 is 5.91 Å². The summed E-state index contributed by atoms with van der Waals surface area (Å²) < 4.78 is 0. The van der Waals surface area contributed by atoms with Crippen LogP contribution in [0.15, 0.2) is 0 Å². The minimum Gasteiger partial charge on any atom is -0.356 e. The topological polar surface area (TPSA) is 55.1 Å². The van der Waals surface area contributed by atoms with Crippen LogP contribution in [0, 0.1) is 17.3 Å². The molecule has 20 heavy (non-hydrogen) atoms. The van der Waals surface area contributed by atoms with E-state index < -0.39 is 0 Å². The summed E-state index contributed by atoms with van der Waals surface area (Å²) in [6.07, 6.45) is 9.17. The maximum atomic E-state index is 12.0. The molecule has 1 saturated carbocycles. The van der Waals surface area contributed by atoms with Gasteiger partial charge in [0.25, 0.3) is 0 Å². The highest BCUT2D eigenvalue weighted by Crippen LogP contribution is 2.34. The van der Waals surface area contributed by atoms with Crippen LogP contribution in [0.1, 0.15) is 72.1 Å². The average Bonchev–Trinajstić information content (AvgIpc) is 2.42. The molecule has 1 fully saturated rings. The molecule has 0 spiro atoms. The Bertz CT molecular complexity index is 283. The van der Waals surface area contributed by atoms with Gasteiger partial charge in [-0.15, -0.1) is 0 Å². The summed E-state index contributed by atoms with van der Waals surface area (Å²) in [5.41, 5.74) is 5.98. The summed E-state index contributed by atoms with van der Waals surface area (Å²) in [6, 6.07) is 0. The molecule has 0 heterocycles. The molecule has 3 heteroatoms. The first-order valence-electron chi connectivity index (χ1n) is 8.43. The summed E-state index contributed by atoms with van der Waals surface area (Å²) in [5, 5.41) is 3.16. The van der Waals surface area contributed by atoms with Crippen LogP contribution >= 0.6 is 0 Å². The highest BCUT2D eigenvalue weighted by Gasteiger charge is 2.27. The van der Waals surface area contributed by atoms with Crippen LogP contribution in [0.2, 0.25) is 0 Å². The molecule has 0 bridgehead atoms. The Morgan fingerprint density at radius 1 is 1.20 bits per heavy atom. The zero-order valence-corrected chi connectivity index (χ0v) is 13.7. The fraction of sp³-hybridized carbons (Fsp3) is 0.941. The summed E-state index contributed by atoms with van der Waals surface area (Å²) in [4.78, 5) is 12.0. The Morgan fingerprint density at radius 3 is 2.40 bits per heavy atom. The van der Waals surface area contributed by atoms with E-state index in [9.17, 15) is 4.79 Å². The molecule has 0 radical (unpaired) electrons. The Morgan fingerprint density at radius 2 is 1.85 bits per heavy atom. The van der Waals surface area contributed by atoms with Gasteiger partial charge in [0.1, 0.15) is 0 Å². The second kappa shape index (κ2) is 8.66. The number of carbonyl (C=O) groups is 1. The highest BCUT2D eigenvalue weighted by atomic mass is 16.1. The molecule has 1 aliphatic carbocycles. The molecule has 3 nitrogen and oxygen atoms in total. The summed E-state index contributed by atoms with van der Waals surface area (Å²) in [7, 11) is 0. The van der Waals surface area contributed by atoms with Gasteiger partial charge in [-0.05, 0) is 49.5 Å². The van der Waals surface area contributed by atoms with E-state index in [1.807, 2.05) is 0 Å². The van der Waals surface area contributed by atoms with E-state index in [2.05, 4.69) is 26.1 Å². The smallest absolute Gasteiger partial charge is 0.220 e. The predicted molar refractivity (Wildman–Crippen MR) is 85.4 cm³/mol. The second-order valence-corrected chi connectivity index (χ2v) is 7.27. The number of carbonyl (C=O) groups excluding carboxylic acids is 1. The minimum absolute atomic E-state index is 0.222. The zero-order valence-electron chi connectivity index (χ0n) is 13.7. The van der Waals surface area contributed by atoms with Crippen molar-refractivity contribution < 1.29 is 4.79 Å². The summed E-state index contributed by atoms with van der Waals surface area (Å²) >= 11 is 0. The monoisotopic (exact) mass is 282 g/mol. The number of rotatable bonds is 8. The van der Waals surface area contributed by atoms with Crippen LogP contribution in [0.4, 0.5) is 0 Å². The van der Waals surface area contributed by atoms with Gasteiger partial charge < -0.3 is 11.1 Å². The van der Waals surface area contributed by atoms with E-state index in [-0.39, 0.29) is 5.91 Å². The lowest BCUT2D eigenvalue weighted by molar-refractivity contribution is -0.122. The minimum atomic E-state index is 0.222. The fourth-order valence-electron chi connectivity index (χ4n) is 3.32. The van der Waals surface area contributed by atoms with Gasteiger partial charge in [-0.2, -0.15) is 0 Å². The Hall–Kier alpha value is -0.570. The maximum Gasteiger partial charge on any atom is 0.220 e. The Labute approximate surface area is 125 Å². The third-order valence-electron chi connectivity index (χ3n) is 5.00. The van der Waals surface area contributed by atoms with Crippen molar-refractivity contribution in [3.05, 3.63) is 0 Å². The third-order valence-corrected chi connectivity index (χ3v) is 5.00. The second-order valence-electron chi connectivity index (χ2n) is 7.27. The molecule has 0 aromatic heterocycles. The van der Waals surface area contributed by atoms with Gasteiger partial charge in [0.05, 0.1) is 0 Å². The molecular weight excluding hydrogens is 248 g/mol. The van der Waals surface area contributed by atoms with Crippen LogP contribution in [-0.2, 0) is 4.79 Å². The van der Waals surface area contributed by atoms with Gasteiger partial charge in [0, 0.05) is 13.0 Å². The van der Waals surface area contributed by atoms with Crippen molar-refractivity contribution in [2.24, 2.45) is 23.0 Å². The molecule has 118 valence electrons. The largest absolute Gasteiger partial charge is 0.356 e. The van der Waals surface area contributed by atoms with Crippen molar-refractivity contribution in [2.45, 2.75) is 72.1 Å². The van der Waals surface area contributed by atoms with Gasteiger partial charge >= 0.3 is 0 Å². The lowest BCUT2D eigenvalue weighted by atomic mass is 9.76. The Balaban J connectivity index is 2.25. The van der Waals surface area contributed by atoms with Crippen molar-refractivity contribution in [1.29, 1.82) is 0 Å².